The number of nitrogens with one attached hydrogen (secondary N) is 1. The lowest BCUT2D eigenvalue weighted by Crippen LogP contribution is -2.31. The second-order valence-electron chi connectivity index (χ2n) is 6.04. The number of carbonyl (C=O) groups excluding carboxylic acids is 1. The van der Waals surface area contributed by atoms with Crippen LogP contribution >= 0.6 is 0 Å². The Hall–Kier alpha value is -3.48. The quantitative estimate of drug-likeness (QED) is 0.609. The van der Waals surface area contributed by atoms with Gasteiger partial charge in [0.1, 0.15) is 11.2 Å². The van der Waals surface area contributed by atoms with Crippen molar-refractivity contribution in [3.8, 4) is 0 Å². The van der Waals surface area contributed by atoms with Crippen LogP contribution in [0.4, 0.5) is 0 Å². The number of para-hydroxylation sites is 2. The van der Waals surface area contributed by atoms with Crippen molar-refractivity contribution in [2.45, 2.75) is 6.54 Å². The number of rotatable bonds is 4. The third kappa shape index (κ3) is 2.83. The van der Waals surface area contributed by atoms with Gasteiger partial charge in [-0.15, -0.1) is 0 Å². The zero-order valence-corrected chi connectivity index (χ0v) is 14.2. The van der Waals surface area contributed by atoms with Crippen molar-refractivity contribution in [2.24, 2.45) is 7.05 Å². The molecule has 0 aliphatic carbocycles. The molecule has 0 bridgehead atoms. The molecule has 0 spiro atoms. The molecule has 4 rings (SSSR count). The molecule has 1 aromatic carbocycles. The summed E-state index contributed by atoms with van der Waals surface area (Å²) < 4.78 is 3.39. The molecule has 0 aliphatic rings. The number of carbonyl (C=O) groups is 1. The van der Waals surface area contributed by atoms with Gasteiger partial charge in [-0.25, -0.2) is 4.98 Å². The molecule has 1 N–H and O–H groups in total. The Balaban J connectivity index is 1.47. The lowest BCUT2D eigenvalue weighted by atomic mass is 10.3. The average molecular weight is 347 g/mol. The maximum atomic E-state index is 12.5. The number of hydrogen-bond donors (Lipinski definition) is 1. The number of benzene rings is 1. The molecule has 7 heteroatoms. The molecule has 1 amide bonds. The summed E-state index contributed by atoms with van der Waals surface area (Å²) in [5.74, 6) is -0.309. The highest BCUT2D eigenvalue weighted by Crippen LogP contribution is 2.10. The molecule has 0 atom stereocenters. The van der Waals surface area contributed by atoms with Gasteiger partial charge >= 0.3 is 0 Å². The van der Waals surface area contributed by atoms with Crippen LogP contribution in [0.1, 0.15) is 10.5 Å². The summed E-state index contributed by atoms with van der Waals surface area (Å²) in [4.78, 5) is 33.3. The lowest BCUT2D eigenvalue weighted by Gasteiger charge is -2.08. The molecule has 26 heavy (non-hydrogen) atoms. The summed E-state index contributed by atoms with van der Waals surface area (Å²) in [6.45, 7) is 0.704. The molecule has 3 aromatic heterocycles. The smallest absolute Gasteiger partial charge is 0.275 e. The van der Waals surface area contributed by atoms with E-state index in [2.05, 4.69) is 15.3 Å². The van der Waals surface area contributed by atoms with Crippen LogP contribution in [-0.4, -0.2) is 31.6 Å². The molecule has 4 aromatic rings. The van der Waals surface area contributed by atoms with Crippen LogP contribution in [0.2, 0.25) is 0 Å². The number of pyridine rings is 1. The molecule has 0 fully saturated rings. The minimum absolute atomic E-state index is 0.0743. The minimum atomic E-state index is -0.309. The summed E-state index contributed by atoms with van der Waals surface area (Å²) in [5, 5.41) is 3.69. The Kier molecular flexibility index (Phi) is 3.96. The van der Waals surface area contributed by atoms with Gasteiger partial charge in [-0.1, -0.05) is 12.1 Å². The van der Waals surface area contributed by atoms with Gasteiger partial charge in [0, 0.05) is 37.9 Å². The lowest BCUT2D eigenvalue weighted by molar-refractivity contribution is 0.0947. The fourth-order valence-corrected chi connectivity index (χ4v) is 2.96. The predicted octanol–water partition coefficient (Wildman–Crippen LogP) is 1.71. The molecular weight excluding hydrogens is 330 g/mol. The van der Waals surface area contributed by atoms with Crippen LogP contribution in [0.15, 0.2) is 59.8 Å². The average Bonchev–Trinajstić information content (AvgIpc) is 3.04. The van der Waals surface area contributed by atoms with Crippen LogP contribution in [0.5, 0.6) is 0 Å². The minimum Gasteiger partial charge on any atom is -0.349 e. The predicted molar refractivity (Wildman–Crippen MR) is 99.1 cm³/mol. The first-order valence-electron chi connectivity index (χ1n) is 8.28. The SMILES string of the molecule is Cn1ccc2ccn(CCNC(=O)c3cnc4ccccc4n3)c(=O)c21. The van der Waals surface area contributed by atoms with Crippen molar-refractivity contribution in [1.29, 1.82) is 0 Å². The Morgan fingerprint density at radius 1 is 1.12 bits per heavy atom. The van der Waals surface area contributed by atoms with Crippen molar-refractivity contribution in [1.82, 2.24) is 24.4 Å². The van der Waals surface area contributed by atoms with E-state index < -0.39 is 0 Å². The summed E-state index contributed by atoms with van der Waals surface area (Å²) in [7, 11) is 1.84. The van der Waals surface area contributed by atoms with Crippen LogP contribution in [0.3, 0.4) is 0 Å². The van der Waals surface area contributed by atoms with E-state index in [9.17, 15) is 9.59 Å². The van der Waals surface area contributed by atoms with E-state index in [1.807, 2.05) is 49.6 Å². The first-order valence-corrected chi connectivity index (χ1v) is 8.28. The molecule has 3 heterocycles. The summed E-state index contributed by atoms with van der Waals surface area (Å²) in [6, 6.07) is 11.2. The van der Waals surface area contributed by atoms with Gasteiger partial charge in [-0.3, -0.25) is 14.6 Å². The van der Waals surface area contributed by atoms with Crippen molar-refractivity contribution in [3.05, 3.63) is 71.0 Å². The summed E-state index contributed by atoms with van der Waals surface area (Å²) in [5.41, 5.74) is 2.25. The van der Waals surface area contributed by atoms with E-state index in [4.69, 9.17) is 0 Å². The van der Waals surface area contributed by atoms with Gasteiger partial charge in [0.05, 0.1) is 17.2 Å². The zero-order chi connectivity index (χ0) is 18.1. The molecule has 130 valence electrons. The molecule has 7 nitrogen and oxygen atoms in total. The molecular formula is C19H17N5O2. The topological polar surface area (TPSA) is 81.8 Å². The van der Waals surface area contributed by atoms with Gasteiger partial charge in [0.25, 0.3) is 11.5 Å². The highest BCUT2D eigenvalue weighted by Gasteiger charge is 2.10. The second-order valence-corrected chi connectivity index (χ2v) is 6.04. The van der Waals surface area contributed by atoms with Crippen LogP contribution in [0, 0.1) is 0 Å². The first kappa shape index (κ1) is 16.0. The van der Waals surface area contributed by atoms with Gasteiger partial charge in [0.2, 0.25) is 0 Å². The van der Waals surface area contributed by atoms with Crippen molar-refractivity contribution in [3.63, 3.8) is 0 Å². The Morgan fingerprint density at radius 2 is 1.88 bits per heavy atom. The van der Waals surface area contributed by atoms with Gasteiger partial charge < -0.3 is 14.5 Å². The number of hydrogen-bond acceptors (Lipinski definition) is 4. The highest BCUT2D eigenvalue weighted by atomic mass is 16.2. The third-order valence-electron chi connectivity index (χ3n) is 4.32. The molecule has 0 aliphatic heterocycles. The maximum Gasteiger partial charge on any atom is 0.275 e. The fourth-order valence-electron chi connectivity index (χ4n) is 2.96. The number of amides is 1. The van der Waals surface area contributed by atoms with E-state index in [1.165, 1.54) is 6.20 Å². The molecule has 0 unspecified atom stereocenters. The van der Waals surface area contributed by atoms with Crippen molar-refractivity contribution in [2.75, 3.05) is 6.54 Å². The van der Waals surface area contributed by atoms with Gasteiger partial charge in [0.15, 0.2) is 0 Å². The fraction of sp³-hybridized carbons (Fsp3) is 0.158. The normalized spacial score (nSPS) is 11.1. The van der Waals surface area contributed by atoms with E-state index in [0.717, 1.165) is 10.9 Å². The highest BCUT2D eigenvalue weighted by molar-refractivity contribution is 5.93. The number of fused-ring (bicyclic) bond motifs is 2. The molecule has 0 saturated carbocycles. The molecule has 0 radical (unpaired) electrons. The number of aromatic nitrogens is 4. The van der Waals surface area contributed by atoms with E-state index in [-0.39, 0.29) is 17.2 Å². The number of aryl methyl sites for hydroxylation is 1. The van der Waals surface area contributed by atoms with E-state index in [0.29, 0.717) is 24.1 Å². The monoisotopic (exact) mass is 347 g/mol. The van der Waals surface area contributed by atoms with Gasteiger partial charge in [-0.05, 0) is 24.3 Å². The van der Waals surface area contributed by atoms with E-state index in [1.54, 1.807) is 15.3 Å². The number of nitrogens with zero attached hydrogens (tertiary/aromatic N) is 4. The van der Waals surface area contributed by atoms with Crippen molar-refractivity contribution < 1.29 is 4.79 Å². The first-order chi connectivity index (χ1) is 12.6. The van der Waals surface area contributed by atoms with Crippen LogP contribution in [-0.2, 0) is 13.6 Å². The Bertz CT molecular complexity index is 1180. The maximum absolute atomic E-state index is 12.5. The Morgan fingerprint density at radius 3 is 2.73 bits per heavy atom. The van der Waals surface area contributed by atoms with Gasteiger partial charge in [-0.2, -0.15) is 0 Å². The van der Waals surface area contributed by atoms with Crippen LogP contribution < -0.4 is 10.9 Å². The summed E-state index contributed by atoms with van der Waals surface area (Å²) in [6.07, 6.45) is 5.06. The second kappa shape index (κ2) is 6.44. The standard InChI is InChI=1S/C19H17N5O2/c1-23-9-6-13-7-10-24(19(26)17(13)23)11-8-20-18(25)16-12-21-14-4-2-3-5-15(14)22-16/h2-7,9-10,12H,8,11H2,1H3,(H,20,25). The third-order valence-corrected chi connectivity index (χ3v) is 4.32. The van der Waals surface area contributed by atoms with Crippen molar-refractivity contribution >= 4 is 27.8 Å². The van der Waals surface area contributed by atoms with E-state index >= 15 is 0 Å². The zero-order valence-electron chi connectivity index (χ0n) is 14.2. The largest absolute Gasteiger partial charge is 0.349 e. The molecule has 0 saturated heterocycles. The Labute approximate surface area is 148 Å². The summed E-state index contributed by atoms with van der Waals surface area (Å²) >= 11 is 0. The van der Waals surface area contributed by atoms with Crippen LogP contribution in [0.25, 0.3) is 21.9 Å².